The van der Waals surface area contributed by atoms with Gasteiger partial charge in [0.25, 0.3) is 10.1 Å². The molecule has 196 valence electrons. The highest BCUT2D eigenvalue weighted by atomic mass is 32.2. The van der Waals surface area contributed by atoms with Gasteiger partial charge in [-0.2, -0.15) is 8.42 Å². The summed E-state index contributed by atoms with van der Waals surface area (Å²) in [5.41, 5.74) is 4.68. The fraction of sp³-hybridized carbons (Fsp3) is 0.357. The molecule has 3 aromatic heterocycles. The zero-order valence-corrected chi connectivity index (χ0v) is 22.1. The van der Waals surface area contributed by atoms with E-state index in [9.17, 15) is 8.42 Å². The average Bonchev–Trinajstić information content (AvgIpc) is 3.35. The highest BCUT2D eigenvalue weighted by molar-refractivity contribution is 7.85. The number of rotatable bonds is 5. The van der Waals surface area contributed by atoms with Crippen LogP contribution in [0.3, 0.4) is 0 Å². The smallest absolute Gasteiger partial charge is 0.264 e. The van der Waals surface area contributed by atoms with E-state index in [1.165, 1.54) is 6.07 Å². The molecule has 0 saturated heterocycles. The first kappa shape index (κ1) is 24.8. The molecule has 6 rings (SSSR count). The number of benzene rings is 1. The Balaban J connectivity index is 1.54. The Labute approximate surface area is 220 Å². The van der Waals surface area contributed by atoms with E-state index in [2.05, 4.69) is 24.0 Å². The van der Waals surface area contributed by atoms with Gasteiger partial charge in [-0.15, -0.1) is 0 Å². The van der Waals surface area contributed by atoms with Gasteiger partial charge in [0.15, 0.2) is 5.82 Å². The molecular formula is C28H27FN4O4S. The number of hydrogen-bond acceptors (Lipinski definition) is 8. The number of fused-ring (bicyclic) bond motifs is 4. The van der Waals surface area contributed by atoms with E-state index < -0.39 is 10.1 Å². The van der Waals surface area contributed by atoms with Crippen LogP contribution in [0.25, 0.3) is 22.6 Å². The van der Waals surface area contributed by atoms with Crippen molar-refractivity contribution in [3.05, 3.63) is 82.9 Å². The fourth-order valence-electron chi connectivity index (χ4n) is 6.23. The van der Waals surface area contributed by atoms with Crippen molar-refractivity contribution in [2.45, 2.75) is 51.0 Å². The summed E-state index contributed by atoms with van der Waals surface area (Å²) < 4.78 is 48.7. The zero-order chi connectivity index (χ0) is 26.7. The summed E-state index contributed by atoms with van der Waals surface area (Å²) in [7, 11) is -3.63. The first-order chi connectivity index (χ1) is 18.1. The van der Waals surface area contributed by atoms with Crippen molar-refractivity contribution in [2.24, 2.45) is 5.92 Å². The Kier molecular flexibility index (Phi) is 5.92. The summed E-state index contributed by atoms with van der Waals surface area (Å²) in [5.74, 6) is 1.44. The van der Waals surface area contributed by atoms with E-state index in [1.807, 2.05) is 0 Å². The van der Waals surface area contributed by atoms with Gasteiger partial charge in [0.05, 0.1) is 29.5 Å². The molecule has 3 heterocycles. The summed E-state index contributed by atoms with van der Waals surface area (Å²) in [5, 5.41) is 4.07. The van der Waals surface area contributed by atoms with Gasteiger partial charge in [-0.05, 0) is 49.4 Å². The molecule has 0 spiro atoms. The third kappa shape index (κ3) is 4.21. The molecule has 10 heteroatoms. The van der Waals surface area contributed by atoms with E-state index in [1.54, 1.807) is 42.7 Å². The van der Waals surface area contributed by atoms with Gasteiger partial charge in [0, 0.05) is 39.8 Å². The van der Waals surface area contributed by atoms with Crippen LogP contribution in [0.2, 0.25) is 0 Å². The third-order valence-corrected chi connectivity index (χ3v) is 8.49. The second kappa shape index (κ2) is 9.06. The topological polar surface area (TPSA) is 108 Å². The number of halogens is 1. The lowest BCUT2D eigenvalue weighted by Gasteiger charge is -2.47. The Morgan fingerprint density at radius 3 is 2.82 bits per heavy atom. The Bertz CT molecular complexity index is 1650. The van der Waals surface area contributed by atoms with Crippen LogP contribution in [0.5, 0.6) is 0 Å². The molecule has 2 aliphatic carbocycles. The van der Waals surface area contributed by atoms with Crippen LogP contribution in [0.1, 0.15) is 54.5 Å². The molecule has 4 aromatic rings. The molecule has 0 bridgehead atoms. The maximum absolute atomic E-state index is 15.1. The molecule has 3 atom stereocenters. The van der Waals surface area contributed by atoms with Crippen LogP contribution < -0.4 is 0 Å². The molecule has 1 aromatic carbocycles. The van der Waals surface area contributed by atoms with Gasteiger partial charge in [-0.3, -0.25) is 9.17 Å². The summed E-state index contributed by atoms with van der Waals surface area (Å²) in [4.78, 5) is 14.3. The minimum Gasteiger partial charge on any atom is -0.361 e. The lowest BCUT2D eigenvalue weighted by molar-refractivity contribution is 0.172. The van der Waals surface area contributed by atoms with Crippen LogP contribution in [0.4, 0.5) is 4.39 Å². The van der Waals surface area contributed by atoms with Crippen molar-refractivity contribution in [2.75, 3.05) is 6.26 Å². The van der Waals surface area contributed by atoms with Gasteiger partial charge in [-0.25, -0.2) is 14.4 Å². The van der Waals surface area contributed by atoms with Crippen molar-refractivity contribution in [1.82, 2.24) is 20.1 Å². The molecule has 0 fully saturated rings. The number of pyridine rings is 1. The quantitative estimate of drug-likeness (QED) is 0.330. The van der Waals surface area contributed by atoms with Gasteiger partial charge in [-0.1, -0.05) is 31.1 Å². The van der Waals surface area contributed by atoms with Crippen molar-refractivity contribution in [3.8, 4) is 22.6 Å². The molecule has 0 aliphatic heterocycles. The Morgan fingerprint density at radius 1 is 1.21 bits per heavy atom. The molecule has 0 amide bonds. The van der Waals surface area contributed by atoms with Gasteiger partial charge >= 0.3 is 0 Å². The predicted molar refractivity (Wildman–Crippen MR) is 138 cm³/mol. The van der Waals surface area contributed by atoms with E-state index in [0.717, 1.165) is 41.7 Å². The molecule has 2 aliphatic rings. The van der Waals surface area contributed by atoms with E-state index in [4.69, 9.17) is 18.7 Å². The first-order valence-electron chi connectivity index (χ1n) is 12.5. The second-order valence-corrected chi connectivity index (χ2v) is 12.1. The maximum Gasteiger partial charge on any atom is 0.264 e. The molecule has 0 saturated carbocycles. The number of nitrogens with zero attached hydrogens (tertiary/aromatic N) is 4. The van der Waals surface area contributed by atoms with E-state index in [0.29, 0.717) is 34.8 Å². The minimum absolute atomic E-state index is 0.162. The monoisotopic (exact) mass is 534 g/mol. The van der Waals surface area contributed by atoms with Crippen molar-refractivity contribution < 1.29 is 21.5 Å². The van der Waals surface area contributed by atoms with Crippen molar-refractivity contribution >= 4 is 10.1 Å². The molecule has 38 heavy (non-hydrogen) atoms. The lowest BCUT2D eigenvalue weighted by atomic mass is 9.56. The van der Waals surface area contributed by atoms with E-state index >= 15 is 4.39 Å². The van der Waals surface area contributed by atoms with Gasteiger partial charge in [0.2, 0.25) is 0 Å². The minimum atomic E-state index is -3.63. The fourth-order valence-corrected chi connectivity index (χ4v) is 6.56. The highest BCUT2D eigenvalue weighted by Crippen LogP contribution is 2.54. The van der Waals surface area contributed by atoms with E-state index in [-0.39, 0.29) is 29.7 Å². The van der Waals surface area contributed by atoms with Crippen LogP contribution >= 0.6 is 0 Å². The molecule has 8 nitrogen and oxygen atoms in total. The summed E-state index contributed by atoms with van der Waals surface area (Å²) in [6.45, 7) is 4.20. The van der Waals surface area contributed by atoms with Crippen molar-refractivity contribution in [3.63, 3.8) is 0 Å². The highest BCUT2D eigenvalue weighted by Gasteiger charge is 2.50. The molecule has 0 unspecified atom stereocenters. The Morgan fingerprint density at radius 2 is 2.03 bits per heavy atom. The van der Waals surface area contributed by atoms with Crippen LogP contribution in [-0.4, -0.2) is 34.8 Å². The largest absolute Gasteiger partial charge is 0.361 e. The van der Waals surface area contributed by atoms with Crippen LogP contribution in [0, 0.1) is 11.7 Å². The second-order valence-electron chi connectivity index (χ2n) is 10.4. The van der Waals surface area contributed by atoms with Gasteiger partial charge < -0.3 is 4.52 Å². The maximum atomic E-state index is 15.1. The Hall–Kier alpha value is -3.50. The molecule has 0 radical (unpaired) electrons. The van der Waals surface area contributed by atoms with Gasteiger partial charge in [0.1, 0.15) is 18.2 Å². The number of hydrogen-bond donors (Lipinski definition) is 0. The predicted octanol–water partition coefficient (Wildman–Crippen LogP) is 4.99. The standard InChI is InChI=1S/C28H27FN4O4S/c1-16-22-9-8-21-24(20-6-4-5-7-23(20)29)32-27(17-10-11-30-19(12-17)15-36-38(3,34)35)33-26(21)28(22,2)13-18-14-31-37-25(16)18/h4-7,10-12,14,16,22H,8-9,13,15H2,1-3H3/t16-,22-,28-/m1/s1. The first-order valence-corrected chi connectivity index (χ1v) is 14.3. The molecular weight excluding hydrogens is 507 g/mol. The SMILES string of the molecule is C[C@H]1c2oncc2C[C@@]2(C)c3nc(-c4ccnc(COS(C)(=O)=O)c4)nc(-c4ccccc4F)c3CC[C@H]12. The average molecular weight is 535 g/mol. The summed E-state index contributed by atoms with van der Waals surface area (Å²) >= 11 is 0. The summed E-state index contributed by atoms with van der Waals surface area (Å²) in [6, 6.07) is 10.1. The number of aromatic nitrogens is 4. The lowest BCUT2D eigenvalue weighted by Crippen LogP contribution is -2.45. The molecule has 0 N–H and O–H groups in total. The van der Waals surface area contributed by atoms with Crippen molar-refractivity contribution in [1.29, 1.82) is 0 Å². The van der Waals surface area contributed by atoms with Crippen LogP contribution in [-0.2, 0) is 39.2 Å². The van der Waals surface area contributed by atoms with Crippen LogP contribution in [0.15, 0.2) is 53.3 Å². The summed E-state index contributed by atoms with van der Waals surface area (Å²) in [6.07, 6.45) is 6.68. The normalized spacial score (nSPS) is 22.4. The zero-order valence-electron chi connectivity index (χ0n) is 21.3. The third-order valence-electron chi connectivity index (χ3n) is 7.95.